The Hall–Kier alpha value is -1.08. The molecule has 0 radical (unpaired) electrons. The van der Waals surface area contributed by atoms with E-state index < -0.39 is 10.0 Å². The number of sulfonamides is 1. The van der Waals surface area contributed by atoms with Crippen LogP contribution in [0.1, 0.15) is 12.2 Å². The third kappa shape index (κ3) is 3.15. The van der Waals surface area contributed by atoms with Gasteiger partial charge in [-0.3, -0.25) is 0 Å². The summed E-state index contributed by atoms with van der Waals surface area (Å²) in [5.41, 5.74) is 0. The number of fused-ring (bicyclic) bond motifs is 1. The number of halogens is 2. The van der Waals surface area contributed by atoms with E-state index >= 15 is 0 Å². The second kappa shape index (κ2) is 6.20. The molecule has 0 saturated heterocycles. The van der Waals surface area contributed by atoms with E-state index in [0.29, 0.717) is 6.54 Å². The molecule has 0 amide bonds. The summed E-state index contributed by atoms with van der Waals surface area (Å²) in [4.78, 5) is 4.28. The van der Waals surface area contributed by atoms with Crippen molar-refractivity contribution in [2.24, 2.45) is 5.92 Å². The lowest BCUT2D eigenvalue weighted by atomic mass is 10.00. The molecule has 8 heteroatoms. The van der Waals surface area contributed by atoms with Crippen molar-refractivity contribution in [2.45, 2.75) is 24.3 Å². The lowest BCUT2D eigenvalue weighted by molar-refractivity contribution is 0.363. The van der Waals surface area contributed by atoms with Crippen LogP contribution in [0.2, 0.25) is 10.0 Å². The van der Waals surface area contributed by atoms with Crippen LogP contribution in [-0.4, -0.2) is 24.5 Å². The van der Waals surface area contributed by atoms with E-state index in [1.54, 1.807) is 18.3 Å². The number of aryl methyl sites for hydroxylation is 1. The van der Waals surface area contributed by atoms with Gasteiger partial charge in [0.1, 0.15) is 10.7 Å². The number of aromatic nitrogens is 2. The van der Waals surface area contributed by atoms with Gasteiger partial charge in [-0.15, -0.1) is 0 Å². The van der Waals surface area contributed by atoms with Crippen molar-refractivity contribution in [3.8, 4) is 0 Å². The fourth-order valence-corrected chi connectivity index (χ4v) is 4.48. The van der Waals surface area contributed by atoms with Crippen LogP contribution in [0.25, 0.3) is 0 Å². The summed E-state index contributed by atoms with van der Waals surface area (Å²) in [7, 11) is -3.67. The van der Waals surface area contributed by atoms with E-state index in [-0.39, 0.29) is 20.9 Å². The molecule has 0 unspecified atom stereocenters. The second-order valence-corrected chi connectivity index (χ2v) is 7.82. The van der Waals surface area contributed by atoms with E-state index in [4.69, 9.17) is 23.2 Å². The average Bonchev–Trinajstić information content (AvgIpc) is 2.95. The van der Waals surface area contributed by atoms with Gasteiger partial charge in [0, 0.05) is 31.9 Å². The number of nitrogens with one attached hydrogen (secondary N) is 1. The van der Waals surface area contributed by atoms with Gasteiger partial charge in [-0.1, -0.05) is 29.3 Å². The van der Waals surface area contributed by atoms with Crippen LogP contribution in [0.3, 0.4) is 0 Å². The maximum atomic E-state index is 12.4. The van der Waals surface area contributed by atoms with Gasteiger partial charge in [-0.05, 0) is 24.5 Å². The SMILES string of the molecule is O=S(=O)(NC[C@H]1CCc2nccn2C1)c1cccc(Cl)c1Cl. The van der Waals surface area contributed by atoms with Crippen LogP contribution in [-0.2, 0) is 23.0 Å². The summed E-state index contributed by atoms with van der Waals surface area (Å²) in [6.45, 7) is 1.13. The number of hydrogen-bond donors (Lipinski definition) is 1. The minimum absolute atomic E-state index is 0.0146. The first-order chi connectivity index (χ1) is 10.5. The van der Waals surface area contributed by atoms with Gasteiger partial charge < -0.3 is 4.57 Å². The van der Waals surface area contributed by atoms with E-state index in [9.17, 15) is 8.42 Å². The lowest BCUT2D eigenvalue weighted by Gasteiger charge is -2.24. The highest BCUT2D eigenvalue weighted by atomic mass is 35.5. The Bertz CT molecular complexity index is 789. The summed E-state index contributed by atoms with van der Waals surface area (Å²) in [5.74, 6) is 1.28. The van der Waals surface area contributed by atoms with Gasteiger partial charge in [-0.2, -0.15) is 0 Å². The molecule has 0 aliphatic carbocycles. The molecule has 0 saturated carbocycles. The molecule has 2 heterocycles. The van der Waals surface area contributed by atoms with Crippen LogP contribution in [0, 0.1) is 5.92 Å². The van der Waals surface area contributed by atoms with E-state index in [1.807, 2.05) is 6.20 Å². The fraction of sp³-hybridized carbons (Fsp3) is 0.357. The molecule has 1 aliphatic rings. The van der Waals surface area contributed by atoms with E-state index in [0.717, 1.165) is 25.2 Å². The van der Waals surface area contributed by atoms with Gasteiger partial charge >= 0.3 is 0 Å². The number of imidazole rings is 1. The van der Waals surface area contributed by atoms with Crippen molar-refractivity contribution in [3.05, 3.63) is 46.5 Å². The first-order valence-electron chi connectivity index (χ1n) is 6.91. The van der Waals surface area contributed by atoms with Gasteiger partial charge in [0.15, 0.2) is 0 Å². The molecule has 2 aromatic rings. The molecule has 1 aliphatic heterocycles. The highest BCUT2D eigenvalue weighted by molar-refractivity contribution is 7.89. The first kappa shape index (κ1) is 15.8. The maximum absolute atomic E-state index is 12.4. The molecule has 0 bridgehead atoms. The van der Waals surface area contributed by atoms with Gasteiger partial charge in [0.2, 0.25) is 10.0 Å². The van der Waals surface area contributed by atoms with Crippen molar-refractivity contribution in [3.63, 3.8) is 0 Å². The maximum Gasteiger partial charge on any atom is 0.242 e. The van der Waals surface area contributed by atoms with Gasteiger partial charge in [-0.25, -0.2) is 18.1 Å². The van der Waals surface area contributed by atoms with Crippen molar-refractivity contribution >= 4 is 33.2 Å². The number of rotatable bonds is 4. The zero-order valence-corrected chi connectivity index (χ0v) is 14.0. The molecule has 1 atom stereocenters. The van der Waals surface area contributed by atoms with Crippen LogP contribution in [0.4, 0.5) is 0 Å². The third-order valence-electron chi connectivity index (χ3n) is 3.80. The summed E-state index contributed by atoms with van der Waals surface area (Å²) >= 11 is 11.9. The highest BCUT2D eigenvalue weighted by Crippen LogP contribution is 2.29. The summed E-state index contributed by atoms with van der Waals surface area (Å²) in [6.07, 6.45) is 5.46. The third-order valence-corrected chi connectivity index (χ3v) is 6.20. The molecule has 22 heavy (non-hydrogen) atoms. The Morgan fingerprint density at radius 3 is 3.00 bits per heavy atom. The zero-order valence-electron chi connectivity index (χ0n) is 11.7. The fourth-order valence-electron chi connectivity index (χ4n) is 2.60. The van der Waals surface area contributed by atoms with Crippen LogP contribution < -0.4 is 4.72 Å². The minimum atomic E-state index is -3.67. The Balaban J connectivity index is 1.70. The van der Waals surface area contributed by atoms with Crippen molar-refractivity contribution in [1.29, 1.82) is 0 Å². The summed E-state index contributed by atoms with van der Waals surface area (Å²) < 4.78 is 29.4. The molecule has 0 fully saturated rings. The molecular weight excluding hydrogens is 345 g/mol. The normalized spacial score (nSPS) is 18.2. The molecule has 5 nitrogen and oxygen atoms in total. The molecule has 0 spiro atoms. The zero-order chi connectivity index (χ0) is 15.7. The van der Waals surface area contributed by atoms with Crippen LogP contribution in [0.15, 0.2) is 35.5 Å². The van der Waals surface area contributed by atoms with E-state index in [2.05, 4.69) is 14.3 Å². The van der Waals surface area contributed by atoms with Crippen LogP contribution in [0.5, 0.6) is 0 Å². The van der Waals surface area contributed by atoms with E-state index in [1.165, 1.54) is 6.07 Å². The monoisotopic (exact) mass is 359 g/mol. The molecule has 118 valence electrons. The predicted molar refractivity (Wildman–Crippen MR) is 85.7 cm³/mol. The number of hydrogen-bond acceptors (Lipinski definition) is 3. The van der Waals surface area contributed by atoms with Crippen molar-refractivity contribution < 1.29 is 8.42 Å². The molecule has 3 rings (SSSR count). The average molecular weight is 360 g/mol. The molecule has 1 N–H and O–H groups in total. The Morgan fingerprint density at radius 2 is 2.18 bits per heavy atom. The summed E-state index contributed by atoms with van der Waals surface area (Å²) in [5, 5.41) is 0.280. The van der Waals surface area contributed by atoms with Gasteiger partial charge in [0.05, 0.1) is 10.0 Å². The minimum Gasteiger partial charge on any atom is -0.335 e. The van der Waals surface area contributed by atoms with Crippen LogP contribution >= 0.6 is 23.2 Å². The Labute approximate surface area is 139 Å². The summed E-state index contributed by atoms with van der Waals surface area (Å²) in [6, 6.07) is 4.58. The topological polar surface area (TPSA) is 64.0 Å². The Kier molecular flexibility index (Phi) is 4.45. The smallest absolute Gasteiger partial charge is 0.242 e. The molecule has 1 aromatic carbocycles. The first-order valence-corrected chi connectivity index (χ1v) is 9.15. The predicted octanol–water partition coefficient (Wildman–Crippen LogP) is 2.73. The largest absolute Gasteiger partial charge is 0.335 e. The number of nitrogens with zero attached hydrogens (tertiary/aromatic N) is 2. The quantitative estimate of drug-likeness (QED) is 0.912. The van der Waals surface area contributed by atoms with Crippen molar-refractivity contribution in [2.75, 3.05) is 6.54 Å². The Morgan fingerprint density at radius 1 is 1.36 bits per heavy atom. The lowest BCUT2D eigenvalue weighted by Crippen LogP contribution is -2.33. The van der Waals surface area contributed by atoms with Crippen molar-refractivity contribution in [1.82, 2.24) is 14.3 Å². The highest BCUT2D eigenvalue weighted by Gasteiger charge is 2.23. The second-order valence-electron chi connectivity index (χ2n) is 5.30. The number of benzene rings is 1. The standard InChI is InChI=1S/C14H15Cl2N3O2S/c15-11-2-1-3-12(14(11)16)22(20,21)18-8-10-4-5-13-17-6-7-19(13)9-10/h1-3,6-7,10,18H,4-5,8-9H2/t10-/m1/s1. The van der Waals surface area contributed by atoms with Gasteiger partial charge in [0.25, 0.3) is 0 Å². The molecular formula is C14H15Cl2N3O2S. The molecule has 1 aromatic heterocycles.